The topological polar surface area (TPSA) is 53.6 Å². The van der Waals surface area contributed by atoms with E-state index in [-0.39, 0.29) is 12.5 Å². The van der Waals surface area contributed by atoms with E-state index in [0.29, 0.717) is 6.54 Å². The normalized spacial score (nSPS) is 15.5. The van der Waals surface area contributed by atoms with Gasteiger partial charge in [0, 0.05) is 32.7 Å². The van der Waals surface area contributed by atoms with E-state index in [1.807, 2.05) is 26.0 Å². The number of carbonyl (C=O) groups excluding carboxylic acids is 1. The Kier molecular flexibility index (Phi) is 6.68. The fraction of sp³-hybridized carbons (Fsp3) is 0.588. The maximum atomic E-state index is 11.8. The third-order valence-corrected chi connectivity index (χ3v) is 3.87. The monoisotopic (exact) mass is 305 g/mol. The summed E-state index contributed by atoms with van der Waals surface area (Å²) < 4.78 is 5.57. The smallest absolute Gasteiger partial charge is 0.257 e. The van der Waals surface area contributed by atoms with Crippen molar-refractivity contribution in [3.8, 4) is 5.75 Å². The maximum absolute atomic E-state index is 11.8. The fourth-order valence-electron chi connectivity index (χ4n) is 2.62. The van der Waals surface area contributed by atoms with Gasteiger partial charge in [-0.05, 0) is 38.4 Å². The largest absolute Gasteiger partial charge is 0.484 e. The molecule has 0 spiro atoms. The second-order valence-corrected chi connectivity index (χ2v) is 5.85. The molecule has 1 saturated heterocycles. The summed E-state index contributed by atoms with van der Waals surface area (Å²) in [4.78, 5) is 14.2. The first-order chi connectivity index (χ1) is 10.6. The van der Waals surface area contributed by atoms with Gasteiger partial charge >= 0.3 is 0 Å². The summed E-state index contributed by atoms with van der Waals surface area (Å²) in [5, 5.41) is 6.25. The van der Waals surface area contributed by atoms with E-state index >= 15 is 0 Å². The highest BCUT2D eigenvalue weighted by molar-refractivity contribution is 5.77. The summed E-state index contributed by atoms with van der Waals surface area (Å²) in [6.45, 7) is 10.2. The quantitative estimate of drug-likeness (QED) is 0.741. The highest BCUT2D eigenvalue weighted by Gasteiger charge is 2.09. The number of piperazine rings is 1. The number of hydrogen-bond donors (Lipinski definition) is 2. The van der Waals surface area contributed by atoms with Crippen LogP contribution in [0.5, 0.6) is 5.75 Å². The van der Waals surface area contributed by atoms with Crippen molar-refractivity contribution in [1.29, 1.82) is 0 Å². The molecule has 2 rings (SSSR count). The highest BCUT2D eigenvalue weighted by Crippen LogP contribution is 2.18. The zero-order chi connectivity index (χ0) is 15.8. The first-order valence-electron chi connectivity index (χ1n) is 8.05. The van der Waals surface area contributed by atoms with Gasteiger partial charge in [-0.1, -0.05) is 17.7 Å². The van der Waals surface area contributed by atoms with Gasteiger partial charge in [0.2, 0.25) is 0 Å². The maximum Gasteiger partial charge on any atom is 0.257 e. The third kappa shape index (κ3) is 5.66. The molecule has 0 atom stereocenters. The predicted octanol–water partition coefficient (Wildman–Crippen LogP) is 1.09. The molecule has 5 nitrogen and oxygen atoms in total. The molecular weight excluding hydrogens is 278 g/mol. The Hall–Kier alpha value is -1.59. The summed E-state index contributed by atoms with van der Waals surface area (Å²) in [5.74, 6) is 0.724. The van der Waals surface area contributed by atoms with E-state index in [1.165, 1.54) is 5.56 Å². The number of carbonyl (C=O) groups is 1. The molecule has 22 heavy (non-hydrogen) atoms. The lowest BCUT2D eigenvalue weighted by Crippen LogP contribution is -2.44. The molecular formula is C17H27N3O2. The number of aryl methyl sites for hydroxylation is 2. The zero-order valence-electron chi connectivity index (χ0n) is 13.7. The molecule has 1 amide bonds. The molecule has 0 radical (unpaired) electrons. The minimum atomic E-state index is -0.0553. The number of rotatable bonds is 7. The number of nitrogens with one attached hydrogen (secondary N) is 2. The number of amides is 1. The molecule has 1 aliphatic rings. The molecule has 1 aliphatic heterocycles. The van der Waals surface area contributed by atoms with Crippen LogP contribution in [-0.4, -0.2) is 56.7 Å². The molecule has 1 aromatic rings. The molecule has 0 aliphatic carbocycles. The zero-order valence-corrected chi connectivity index (χ0v) is 13.7. The van der Waals surface area contributed by atoms with Crippen molar-refractivity contribution in [3.05, 3.63) is 29.3 Å². The Balaban J connectivity index is 1.59. The van der Waals surface area contributed by atoms with Gasteiger partial charge in [-0.25, -0.2) is 0 Å². The summed E-state index contributed by atoms with van der Waals surface area (Å²) in [5.41, 5.74) is 2.26. The van der Waals surface area contributed by atoms with Crippen molar-refractivity contribution >= 4 is 5.91 Å². The highest BCUT2D eigenvalue weighted by atomic mass is 16.5. The van der Waals surface area contributed by atoms with Crippen molar-refractivity contribution in [3.63, 3.8) is 0 Å². The summed E-state index contributed by atoms with van der Waals surface area (Å²) in [6, 6.07) is 5.97. The van der Waals surface area contributed by atoms with E-state index in [1.54, 1.807) is 0 Å². The number of ether oxygens (including phenoxy) is 1. The van der Waals surface area contributed by atoms with Crippen molar-refractivity contribution in [2.75, 3.05) is 45.9 Å². The molecule has 0 saturated carbocycles. The first-order valence-corrected chi connectivity index (χ1v) is 8.05. The van der Waals surface area contributed by atoms with Gasteiger partial charge in [-0.15, -0.1) is 0 Å². The van der Waals surface area contributed by atoms with Gasteiger partial charge in [0.25, 0.3) is 5.91 Å². The Bertz CT molecular complexity index is 485. The lowest BCUT2D eigenvalue weighted by Gasteiger charge is -2.27. The van der Waals surface area contributed by atoms with Gasteiger partial charge < -0.3 is 20.3 Å². The predicted molar refractivity (Wildman–Crippen MR) is 88.3 cm³/mol. The van der Waals surface area contributed by atoms with Crippen LogP contribution < -0.4 is 15.4 Å². The molecule has 5 heteroatoms. The average molecular weight is 305 g/mol. The van der Waals surface area contributed by atoms with Crippen molar-refractivity contribution in [2.24, 2.45) is 0 Å². The van der Waals surface area contributed by atoms with Crippen LogP contribution in [0, 0.1) is 13.8 Å². The Morgan fingerprint density at radius 2 is 2.09 bits per heavy atom. The van der Waals surface area contributed by atoms with Gasteiger partial charge in [-0.2, -0.15) is 0 Å². The Labute approximate surface area is 133 Å². The molecule has 2 N–H and O–H groups in total. The molecule has 122 valence electrons. The van der Waals surface area contributed by atoms with E-state index in [0.717, 1.165) is 50.5 Å². The second kappa shape index (κ2) is 8.76. The standard InChI is InChI=1S/C17H27N3O2/c1-14-4-5-16(15(2)12-14)22-13-17(21)19-6-3-9-20-10-7-18-8-11-20/h4-5,12,18H,3,6-11,13H2,1-2H3,(H,19,21). The Morgan fingerprint density at radius 1 is 1.32 bits per heavy atom. The summed E-state index contributed by atoms with van der Waals surface area (Å²) in [6.07, 6.45) is 0.981. The molecule has 1 aromatic carbocycles. The molecule has 1 heterocycles. The van der Waals surface area contributed by atoms with Gasteiger partial charge in [0.1, 0.15) is 5.75 Å². The van der Waals surface area contributed by atoms with Crippen LogP contribution in [0.4, 0.5) is 0 Å². The molecule has 0 aromatic heterocycles. The van der Waals surface area contributed by atoms with Crippen LogP contribution in [0.1, 0.15) is 17.5 Å². The van der Waals surface area contributed by atoms with Crippen LogP contribution in [0.25, 0.3) is 0 Å². The Morgan fingerprint density at radius 3 is 2.82 bits per heavy atom. The summed E-state index contributed by atoms with van der Waals surface area (Å²) >= 11 is 0. The van der Waals surface area contributed by atoms with Crippen molar-refractivity contribution < 1.29 is 9.53 Å². The van der Waals surface area contributed by atoms with Gasteiger partial charge in [-0.3, -0.25) is 4.79 Å². The van der Waals surface area contributed by atoms with E-state index in [2.05, 4.69) is 21.6 Å². The van der Waals surface area contributed by atoms with Crippen LogP contribution in [0.3, 0.4) is 0 Å². The first kappa shape index (κ1) is 16.8. The fourth-order valence-corrected chi connectivity index (χ4v) is 2.62. The third-order valence-electron chi connectivity index (χ3n) is 3.87. The summed E-state index contributed by atoms with van der Waals surface area (Å²) in [7, 11) is 0. The molecule has 1 fully saturated rings. The van der Waals surface area contributed by atoms with Crippen molar-refractivity contribution in [2.45, 2.75) is 20.3 Å². The lowest BCUT2D eigenvalue weighted by atomic mass is 10.1. The molecule has 0 unspecified atom stereocenters. The minimum Gasteiger partial charge on any atom is -0.484 e. The van der Waals surface area contributed by atoms with Gasteiger partial charge in [0.15, 0.2) is 6.61 Å². The number of benzene rings is 1. The lowest BCUT2D eigenvalue weighted by molar-refractivity contribution is -0.123. The van der Waals surface area contributed by atoms with E-state index < -0.39 is 0 Å². The van der Waals surface area contributed by atoms with Crippen LogP contribution in [-0.2, 0) is 4.79 Å². The second-order valence-electron chi connectivity index (χ2n) is 5.85. The number of nitrogens with zero attached hydrogens (tertiary/aromatic N) is 1. The van der Waals surface area contributed by atoms with E-state index in [4.69, 9.17) is 4.74 Å². The van der Waals surface area contributed by atoms with Crippen molar-refractivity contribution in [1.82, 2.24) is 15.5 Å². The van der Waals surface area contributed by atoms with Crippen LogP contribution in [0.2, 0.25) is 0 Å². The SMILES string of the molecule is Cc1ccc(OCC(=O)NCCCN2CCNCC2)c(C)c1. The minimum absolute atomic E-state index is 0.0553. The van der Waals surface area contributed by atoms with Gasteiger partial charge in [0.05, 0.1) is 0 Å². The molecule has 0 bridgehead atoms. The number of hydrogen-bond acceptors (Lipinski definition) is 4. The van der Waals surface area contributed by atoms with E-state index in [9.17, 15) is 4.79 Å². The van der Waals surface area contributed by atoms with Crippen LogP contribution >= 0.6 is 0 Å². The van der Waals surface area contributed by atoms with Crippen LogP contribution in [0.15, 0.2) is 18.2 Å². The average Bonchev–Trinajstić information content (AvgIpc) is 2.52.